The Hall–Kier alpha value is -1.56. The Kier molecular flexibility index (Phi) is 5.11. The number of amides is 1. The van der Waals surface area contributed by atoms with Crippen molar-refractivity contribution < 1.29 is 18.0 Å². The molecule has 1 aromatic carbocycles. The van der Waals surface area contributed by atoms with Gasteiger partial charge >= 0.3 is 6.18 Å². The molecule has 0 aliphatic carbocycles. The summed E-state index contributed by atoms with van der Waals surface area (Å²) in [7, 11) is 0. The highest BCUT2D eigenvalue weighted by molar-refractivity contribution is 5.77. The lowest BCUT2D eigenvalue weighted by Crippen LogP contribution is -2.49. The second-order valence-electron chi connectivity index (χ2n) is 5.93. The molecule has 0 radical (unpaired) electrons. The molecular weight excluding hydrogens is 293 g/mol. The highest BCUT2D eigenvalue weighted by Crippen LogP contribution is 2.38. The highest BCUT2D eigenvalue weighted by atomic mass is 19.4. The van der Waals surface area contributed by atoms with Crippen LogP contribution in [0, 0.1) is 0 Å². The molecule has 1 aliphatic heterocycles. The number of likely N-dealkylation sites (tertiary alicyclic amines) is 1. The van der Waals surface area contributed by atoms with E-state index in [-0.39, 0.29) is 17.6 Å². The summed E-state index contributed by atoms with van der Waals surface area (Å²) in [6.45, 7) is 2.27. The Morgan fingerprint density at radius 1 is 1.36 bits per heavy atom. The summed E-state index contributed by atoms with van der Waals surface area (Å²) in [6, 6.07) is 7.52. The van der Waals surface area contributed by atoms with E-state index in [0.29, 0.717) is 19.4 Å². The second-order valence-corrected chi connectivity index (χ2v) is 5.93. The van der Waals surface area contributed by atoms with Gasteiger partial charge in [0.2, 0.25) is 5.91 Å². The maximum Gasteiger partial charge on any atom is 0.396 e. The zero-order valence-electron chi connectivity index (χ0n) is 12.5. The first-order valence-electron chi connectivity index (χ1n) is 7.45. The molecule has 0 spiro atoms. The van der Waals surface area contributed by atoms with Crippen LogP contribution in [0.15, 0.2) is 30.3 Å². The number of halogens is 3. The van der Waals surface area contributed by atoms with Gasteiger partial charge in [0.25, 0.3) is 0 Å². The minimum atomic E-state index is -4.44. The lowest BCUT2D eigenvalue weighted by molar-refractivity contribution is -0.162. The van der Waals surface area contributed by atoms with Gasteiger partial charge in [-0.15, -0.1) is 0 Å². The zero-order chi connectivity index (χ0) is 16.3. The average molecular weight is 314 g/mol. The molecular formula is C16H21F3N2O. The zero-order valence-corrected chi connectivity index (χ0v) is 12.5. The van der Waals surface area contributed by atoms with E-state index in [9.17, 15) is 18.0 Å². The summed E-state index contributed by atoms with van der Waals surface area (Å²) in [5.74, 6) is -2.21. The van der Waals surface area contributed by atoms with Crippen LogP contribution in [0.3, 0.4) is 0 Å². The van der Waals surface area contributed by atoms with Crippen molar-refractivity contribution in [2.45, 2.75) is 50.4 Å². The van der Waals surface area contributed by atoms with E-state index in [1.165, 1.54) is 17.0 Å². The SMILES string of the molecule is C[C@@H]1C[C@@H](N)CCN1C(=O)C[C@@H](c1ccccc1)C(F)(F)F. The van der Waals surface area contributed by atoms with Crippen molar-refractivity contribution in [3.8, 4) is 0 Å². The number of benzene rings is 1. The minimum Gasteiger partial charge on any atom is -0.340 e. The summed E-state index contributed by atoms with van der Waals surface area (Å²) >= 11 is 0. The summed E-state index contributed by atoms with van der Waals surface area (Å²) in [5.41, 5.74) is 5.96. The number of piperidine rings is 1. The molecule has 0 saturated carbocycles. The van der Waals surface area contributed by atoms with Crippen LogP contribution < -0.4 is 5.73 Å². The van der Waals surface area contributed by atoms with Crippen molar-refractivity contribution in [2.75, 3.05) is 6.54 Å². The van der Waals surface area contributed by atoms with E-state index in [2.05, 4.69) is 0 Å². The fourth-order valence-electron chi connectivity index (χ4n) is 2.98. The summed E-state index contributed by atoms with van der Waals surface area (Å²) < 4.78 is 39.9. The number of hydrogen-bond donors (Lipinski definition) is 1. The van der Waals surface area contributed by atoms with Crippen LogP contribution in [0.2, 0.25) is 0 Å². The topological polar surface area (TPSA) is 46.3 Å². The lowest BCUT2D eigenvalue weighted by Gasteiger charge is -2.37. The Bertz CT molecular complexity index is 504. The van der Waals surface area contributed by atoms with Gasteiger partial charge in [0.05, 0.1) is 5.92 Å². The first kappa shape index (κ1) is 16.8. The van der Waals surface area contributed by atoms with Gasteiger partial charge in [0, 0.05) is 25.0 Å². The van der Waals surface area contributed by atoms with E-state index in [1.54, 1.807) is 18.2 Å². The molecule has 22 heavy (non-hydrogen) atoms. The minimum absolute atomic E-state index is 0.0200. The highest BCUT2D eigenvalue weighted by Gasteiger charge is 2.43. The Morgan fingerprint density at radius 3 is 2.55 bits per heavy atom. The number of hydrogen-bond acceptors (Lipinski definition) is 2. The molecule has 1 aromatic rings. The monoisotopic (exact) mass is 314 g/mol. The van der Waals surface area contributed by atoms with Crippen LogP contribution in [-0.4, -0.2) is 35.6 Å². The number of alkyl halides is 3. The number of nitrogens with zero attached hydrogens (tertiary/aromatic N) is 1. The summed E-state index contributed by atoms with van der Waals surface area (Å²) in [4.78, 5) is 13.9. The van der Waals surface area contributed by atoms with E-state index in [0.717, 1.165) is 0 Å². The number of carbonyl (C=O) groups is 1. The third-order valence-electron chi connectivity index (χ3n) is 4.21. The van der Waals surface area contributed by atoms with Gasteiger partial charge in [-0.25, -0.2) is 0 Å². The molecule has 0 aromatic heterocycles. The number of carbonyl (C=O) groups excluding carboxylic acids is 1. The van der Waals surface area contributed by atoms with E-state index < -0.39 is 24.4 Å². The summed E-state index contributed by atoms with van der Waals surface area (Å²) in [5, 5.41) is 0. The molecule has 1 fully saturated rings. The molecule has 0 bridgehead atoms. The van der Waals surface area contributed by atoms with Crippen LogP contribution in [0.5, 0.6) is 0 Å². The van der Waals surface area contributed by atoms with Gasteiger partial charge in [-0.2, -0.15) is 13.2 Å². The van der Waals surface area contributed by atoms with Gasteiger partial charge in [-0.05, 0) is 25.3 Å². The van der Waals surface area contributed by atoms with Crippen LogP contribution in [0.4, 0.5) is 13.2 Å². The molecule has 2 rings (SSSR count). The van der Waals surface area contributed by atoms with Gasteiger partial charge < -0.3 is 10.6 Å². The molecule has 0 unspecified atom stereocenters. The third kappa shape index (κ3) is 4.00. The Balaban J connectivity index is 2.12. The predicted octanol–water partition coefficient (Wildman–Crippen LogP) is 3.06. The fraction of sp³-hybridized carbons (Fsp3) is 0.562. The molecule has 1 heterocycles. The lowest BCUT2D eigenvalue weighted by atomic mass is 9.92. The van der Waals surface area contributed by atoms with Crippen molar-refractivity contribution in [3.05, 3.63) is 35.9 Å². The normalized spacial score (nSPS) is 24.1. The standard InChI is InChI=1S/C16H21F3N2O/c1-11-9-13(20)7-8-21(11)15(22)10-14(16(17,18)19)12-5-3-2-4-6-12/h2-6,11,13-14H,7-10,20H2,1H3/t11-,13+,14+/m1/s1. The Labute approximate surface area is 128 Å². The van der Waals surface area contributed by atoms with Crippen molar-refractivity contribution in [1.29, 1.82) is 0 Å². The van der Waals surface area contributed by atoms with Gasteiger partial charge in [0.1, 0.15) is 0 Å². The van der Waals surface area contributed by atoms with Crippen LogP contribution in [0.1, 0.15) is 37.7 Å². The van der Waals surface area contributed by atoms with Gasteiger partial charge in [-0.3, -0.25) is 4.79 Å². The molecule has 6 heteroatoms. The molecule has 1 saturated heterocycles. The molecule has 2 N–H and O–H groups in total. The average Bonchev–Trinajstić information content (AvgIpc) is 2.44. The third-order valence-corrected chi connectivity index (χ3v) is 4.21. The second kappa shape index (κ2) is 6.69. The van der Waals surface area contributed by atoms with Crippen molar-refractivity contribution in [2.24, 2.45) is 5.73 Å². The quantitative estimate of drug-likeness (QED) is 0.932. The van der Waals surface area contributed by atoms with Crippen LogP contribution in [-0.2, 0) is 4.79 Å². The molecule has 1 amide bonds. The fourth-order valence-corrected chi connectivity index (χ4v) is 2.98. The van der Waals surface area contributed by atoms with Gasteiger partial charge in [-0.1, -0.05) is 30.3 Å². The maximum absolute atomic E-state index is 13.3. The largest absolute Gasteiger partial charge is 0.396 e. The smallest absolute Gasteiger partial charge is 0.340 e. The van der Waals surface area contributed by atoms with Gasteiger partial charge in [0.15, 0.2) is 0 Å². The van der Waals surface area contributed by atoms with Crippen molar-refractivity contribution >= 4 is 5.91 Å². The number of nitrogens with two attached hydrogens (primary N) is 1. The molecule has 122 valence electrons. The first-order valence-corrected chi connectivity index (χ1v) is 7.45. The van der Waals surface area contributed by atoms with E-state index in [1.807, 2.05) is 6.92 Å². The van der Waals surface area contributed by atoms with Crippen LogP contribution >= 0.6 is 0 Å². The molecule has 1 aliphatic rings. The first-order chi connectivity index (χ1) is 10.3. The number of rotatable bonds is 3. The Morgan fingerprint density at radius 2 is 2.00 bits per heavy atom. The van der Waals surface area contributed by atoms with Crippen LogP contribution in [0.25, 0.3) is 0 Å². The molecule has 3 atom stereocenters. The van der Waals surface area contributed by atoms with E-state index in [4.69, 9.17) is 5.73 Å². The maximum atomic E-state index is 13.3. The van der Waals surface area contributed by atoms with Crippen molar-refractivity contribution in [3.63, 3.8) is 0 Å². The summed E-state index contributed by atoms with van der Waals surface area (Å²) in [6.07, 6.45) is -3.72. The van der Waals surface area contributed by atoms with Crippen molar-refractivity contribution in [1.82, 2.24) is 4.90 Å². The molecule has 3 nitrogen and oxygen atoms in total. The van der Waals surface area contributed by atoms with E-state index >= 15 is 0 Å². The predicted molar refractivity (Wildman–Crippen MR) is 78.2 cm³/mol.